The highest BCUT2D eigenvalue weighted by molar-refractivity contribution is 6.74. The summed E-state index contributed by atoms with van der Waals surface area (Å²) in [7, 11) is -0.176. The zero-order valence-electron chi connectivity index (χ0n) is 21.3. The van der Waals surface area contributed by atoms with Crippen LogP contribution in [0.5, 0.6) is 5.75 Å². The van der Waals surface area contributed by atoms with Crippen molar-refractivity contribution in [1.29, 1.82) is 0 Å². The lowest BCUT2D eigenvalue weighted by molar-refractivity contribution is -0.120. The van der Waals surface area contributed by atoms with Crippen molar-refractivity contribution < 1.29 is 14.0 Å². The number of ether oxygens (including phenoxy) is 1. The molecule has 3 rings (SSSR count). The van der Waals surface area contributed by atoms with Crippen molar-refractivity contribution in [3.05, 3.63) is 52.1 Å². The maximum Gasteiger partial charge on any atom is 0.293 e. The van der Waals surface area contributed by atoms with E-state index in [9.17, 15) is 9.59 Å². The van der Waals surface area contributed by atoms with E-state index < -0.39 is 8.32 Å². The summed E-state index contributed by atoms with van der Waals surface area (Å²) in [4.78, 5) is 31.7. The molecule has 1 aliphatic rings. The van der Waals surface area contributed by atoms with Crippen LogP contribution in [0.4, 0.5) is 5.82 Å². The lowest BCUT2D eigenvalue weighted by Crippen LogP contribution is -2.50. The molecule has 0 aliphatic carbocycles. The van der Waals surface area contributed by atoms with Gasteiger partial charge in [0.05, 0.1) is 25.9 Å². The van der Waals surface area contributed by atoms with E-state index in [2.05, 4.69) is 39.2 Å². The molecular formula is C25H38N4O4Si. The predicted octanol–water partition coefficient (Wildman–Crippen LogP) is 3.19. The molecule has 8 nitrogen and oxygen atoms in total. The molecule has 0 bridgehead atoms. The SMILES string of the molecule is COc1ccc(Cn2cc(CCCO[Si](C)(C)C(C)(C)C)nc(N3CCNC(=O)C3)c2=O)cc1. The van der Waals surface area contributed by atoms with Gasteiger partial charge in [0.25, 0.3) is 5.56 Å². The molecule has 1 fully saturated rings. The van der Waals surface area contributed by atoms with Gasteiger partial charge in [0.1, 0.15) is 5.75 Å². The Bertz CT molecular complexity index is 1040. The third kappa shape index (κ3) is 6.48. The van der Waals surface area contributed by atoms with Gasteiger partial charge < -0.3 is 23.9 Å². The number of carbonyl (C=O) groups excluding carboxylic acids is 1. The second-order valence-electron chi connectivity index (χ2n) is 10.3. The molecule has 9 heteroatoms. The molecule has 1 aromatic carbocycles. The summed E-state index contributed by atoms with van der Waals surface area (Å²) in [5, 5.41) is 2.97. The molecule has 0 radical (unpaired) electrons. The van der Waals surface area contributed by atoms with Crippen molar-refractivity contribution >= 4 is 20.0 Å². The van der Waals surface area contributed by atoms with Crippen molar-refractivity contribution in [3.8, 4) is 5.75 Å². The molecule has 1 amide bonds. The van der Waals surface area contributed by atoms with E-state index in [0.29, 0.717) is 38.5 Å². The van der Waals surface area contributed by atoms with Crippen LogP contribution in [0.15, 0.2) is 35.3 Å². The minimum absolute atomic E-state index is 0.0951. The number of anilines is 1. The Kier molecular flexibility index (Phi) is 8.20. The fourth-order valence-corrected chi connectivity index (χ4v) is 4.66. The summed E-state index contributed by atoms with van der Waals surface area (Å²) in [6.07, 6.45) is 3.36. The fraction of sp³-hybridized carbons (Fsp3) is 0.560. The van der Waals surface area contributed by atoms with Crippen LogP contribution in [-0.2, 0) is 22.2 Å². The first-order chi connectivity index (χ1) is 16.0. The average Bonchev–Trinajstić information content (AvgIpc) is 2.78. The predicted molar refractivity (Wildman–Crippen MR) is 137 cm³/mol. The lowest BCUT2D eigenvalue weighted by atomic mass is 10.2. The molecule has 2 aromatic rings. The number of benzene rings is 1. The number of rotatable bonds is 9. The summed E-state index contributed by atoms with van der Waals surface area (Å²) >= 11 is 0. The van der Waals surface area contributed by atoms with Crippen LogP contribution in [0.3, 0.4) is 0 Å². The number of aromatic nitrogens is 2. The van der Waals surface area contributed by atoms with E-state index in [-0.39, 0.29) is 23.0 Å². The van der Waals surface area contributed by atoms with Crippen molar-refractivity contribution in [2.75, 3.05) is 38.3 Å². The number of amides is 1. The molecule has 186 valence electrons. The smallest absolute Gasteiger partial charge is 0.293 e. The number of hydrogen-bond donors (Lipinski definition) is 1. The summed E-state index contributed by atoms with van der Waals surface area (Å²) in [5.74, 6) is 1.02. The van der Waals surface area contributed by atoms with Gasteiger partial charge in [-0.1, -0.05) is 32.9 Å². The van der Waals surface area contributed by atoms with Crippen LogP contribution in [0.1, 0.15) is 38.4 Å². The second-order valence-corrected chi connectivity index (χ2v) is 15.1. The van der Waals surface area contributed by atoms with Crippen molar-refractivity contribution in [2.45, 2.75) is 58.3 Å². The maximum atomic E-state index is 13.3. The van der Waals surface area contributed by atoms with Gasteiger partial charge in [-0.05, 0) is 48.7 Å². The largest absolute Gasteiger partial charge is 0.497 e. The second kappa shape index (κ2) is 10.7. The summed E-state index contributed by atoms with van der Waals surface area (Å²) in [5.41, 5.74) is 1.63. The normalized spacial score (nSPS) is 14.8. The van der Waals surface area contributed by atoms with E-state index >= 15 is 0 Å². The zero-order valence-corrected chi connectivity index (χ0v) is 22.3. The standard InChI is InChI=1S/C25H38N4O4Si/c1-25(2,3)34(5,6)33-15-7-8-20-17-29(16-19-9-11-21(32-4)12-10-19)24(31)23(27-20)28-14-13-26-22(30)18-28/h9-12,17H,7-8,13-16,18H2,1-6H3,(H,26,30). The first-order valence-corrected chi connectivity index (χ1v) is 14.8. The summed E-state index contributed by atoms with van der Waals surface area (Å²) in [6, 6.07) is 7.67. The van der Waals surface area contributed by atoms with E-state index in [1.54, 1.807) is 16.6 Å². The number of nitrogens with one attached hydrogen (secondary N) is 1. The molecule has 1 N–H and O–H groups in total. The minimum Gasteiger partial charge on any atom is -0.497 e. The number of aryl methyl sites for hydroxylation is 1. The first-order valence-electron chi connectivity index (χ1n) is 11.9. The Balaban J connectivity index is 1.81. The summed E-state index contributed by atoms with van der Waals surface area (Å²) in [6.45, 7) is 13.5. The van der Waals surface area contributed by atoms with Gasteiger partial charge in [0, 0.05) is 25.9 Å². The van der Waals surface area contributed by atoms with Crippen LogP contribution >= 0.6 is 0 Å². The Labute approximate surface area is 203 Å². The monoisotopic (exact) mass is 486 g/mol. The molecule has 1 aliphatic heterocycles. The van der Waals surface area contributed by atoms with Crippen LogP contribution < -0.4 is 20.5 Å². The topological polar surface area (TPSA) is 85.7 Å². The van der Waals surface area contributed by atoms with Gasteiger partial charge in [-0.2, -0.15) is 0 Å². The fourth-order valence-electron chi connectivity index (χ4n) is 3.57. The molecular weight excluding hydrogens is 448 g/mol. The van der Waals surface area contributed by atoms with E-state index in [0.717, 1.165) is 23.4 Å². The highest BCUT2D eigenvalue weighted by Gasteiger charge is 2.36. The highest BCUT2D eigenvalue weighted by Crippen LogP contribution is 2.36. The van der Waals surface area contributed by atoms with E-state index in [1.165, 1.54) is 0 Å². The van der Waals surface area contributed by atoms with Crippen LogP contribution in [-0.4, -0.2) is 57.1 Å². The highest BCUT2D eigenvalue weighted by atomic mass is 28.4. The van der Waals surface area contributed by atoms with Gasteiger partial charge in [-0.3, -0.25) is 9.59 Å². The maximum absolute atomic E-state index is 13.3. The lowest BCUT2D eigenvalue weighted by Gasteiger charge is -2.36. The van der Waals surface area contributed by atoms with Crippen molar-refractivity contribution in [1.82, 2.24) is 14.9 Å². The number of piperazine rings is 1. The molecule has 34 heavy (non-hydrogen) atoms. The average molecular weight is 487 g/mol. The molecule has 0 atom stereocenters. The Morgan fingerprint density at radius 1 is 1.15 bits per heavy atom. The van der Waals surface area contributed by atoms with E-state index in [4.69, 9.17) is 14.1 Å². The number of carbonyl (C=O) groups is 1. The Hall–Kier alpha value is -2.65. The third-order valence-electron chi connectivity index (χ3n) is 6.70. The van der Waals surface area contributed by atoms with Gasteiger partial charge in [0.15, 0.2) is 14.1 Å². The number of methoxy groups -OCH3 is 1. The van der Waals surface area contributed by atoms with Crippen LogP contribution in [0, 0.1) is 0 Å². The summed E-state index contributed by atoms with van der Waals surface area (Å²) < 4.78 is 13.2. The minimum atomic E-state index is -1.81. The van der Waals surface area contributed by atoms with Gasteiger partial charge in [-0.15, -0.1) is 0 Å². The quantitative estimate of drug-likeness (QED) is 0.433. The molecule has 1 saturated heterocycles. The van der Waals surface area contributed by atoms with E-state index in [1.807, 2.05) is 30.5 Å². The number of nitrogens with zero attached hydrogens (tertiary/aromatic N) is 3. The Morgan fingerprint density at radius 3 is 2.47 bits per heavy atom. The van der Waals surface area contributed by atoms with Crippen LogP contribution in [0.25, 0.3) is 0 Å². The molecule has 0 spiro atoms. The van der Waals surface area contributed by atoms with Gasteiger partial charge in [-0.25, -0.2) is 4.98 Å². The van der Waals surface area contributed by atoms with Crippen molar-refractivity contribution in [3.63, 3.8) is 0 Å². The number of hydrogen-bond acceptors (Lipinski definition) is 6. The zero-order chi connectivity index (χ0) is 24.9. The molecule has 2 heterocycles. The van der Waals surface area contributed by atoms with Crippen LogP contribution in [0.2, 0.25) is 18.1 Å². The molecule has 0 unspecified atom stereocenters. The first kappa shape index (κ1) is 26.0. The third-order valence-corrected chi connectivity index (χ3v) is 11.2. The van der Waals surface area contributed by atoms with Crippen molar-refractivity contribution in [2.24, 2.45) is 0 Å². The molecule has 0 saturated carbocycles. The molecule has 1 aromatic heterocycles. The van der Waals surface area contributed by atoms with Gasteiger partial charge in [0.2, 0.25) is 5.91 Å². The van der Waals surface area contributed by atoms with Gasteiger partial charge >= 0.3 is 0 Å². The Morgan fingerprint density at radius 2 is 1.85 bits per heavy atom.